The zero-order valence-corrected chi connectivity index (χ0v) is 5.22. The zero-order valence-electron chi connectivity index (χ0n) is 5.22. The fourth-order valence-corrected chi connectivity index (χ4v) is 0.197. The van der Waals surface area contributed by atoms with E-state index >= 15 is 0 Å². The van der Waals surface area contributed by atoms with Gasteiger partial charge in [0.1, 0.15) is 6.61 Å². The molecule has 0 bridgehead atoms. The lowest BCUT2D eigenvalue weighted by Crippen LogP contribution is -2.31. The minimum absolute atomic E-state index is 0.177. The molecule has 4 heteroatoms. The number of rotatable bonds is 2. The molecular formula is C5H9N3O. The van der Waals surface area contributed by atoms with Crippen LogP contribution in [0.1, 0.15) is 0 Å². The van der Waals surface area contributed by atoms with Gasteiger partial charge in [0.05, 0.1) is 0 Å². The molecule has 3 N–H and O–H groups in total. The van der Waals surface area contributed by atoms with Crippen molar-refractivity contribution in [3.63, 3.8) is 0 Å². The summed E-state index contributed by atoms with van der Waals surface area (Å²) >= 11 is 0. The Morgan fingerprint density at radius 2 is 2.67 bits per heavy atom. The predicted octanol–water partition coefficient (Wildman–Crippen LogP) is -0.915. The van der Waals surface area contributed by atoms with Crippen molar-refractivity contribution >= 4 is 5.96 Å². The standard InChI is InChI=1S/C5H9N3O/c1-3-4-9-8-5(6)7-2/h1H,4H2,2H3,(H3,6,7,8). The van der Waals surface area contributed by atoms with Crippen molar-refractivity contribution in [1.29, 1.82) is 0 Å². The summed E-state index contributed by atoms with van der Waals surface area (Å²) in [5, 5.41) is 0. The Kier molecular flexibility index (Phi) is 4.27. The van der Waals surface area contributed by atoms with Crippen LogP contribution in [-0.4, -0.2) is 19.6 Å². The molecule has 0 rings (SSSR count). The van der Waals surface area contributed by atoms with Gasteiger partial charge in [-0.3, -0.25) is 9.83 Å². The summed E-state index contributed by atoms with van der Waals surface area (Å²) in [6.07, 6.45) is 4.86. The van der Waals surface area contributed by atoms with E-state index in [1.807, 2.05) is 0 Å². The van der Waals surface area contributed by atoms with Crippen molar-refractivity contribution in [1.82, 2.24) is 5.48 Å². The van der Waals surface area contributed by atoms with E-state index in [9.17, 15) is 0 Å². The smallest absolute Gasteiger partial charge is 0.212 e. The topological polar surface area (TPSA) is 59.6 Å². The van der Waals surface area contributed by atoms with Crippen LogP contribution in [0.15, 0.2) is 4.99 Å². The molecule has 0 aromatic carbocycles. The molecule has 0 aliphatic heterocycles. The normalized spacial score (nSPS) is 10.4. The third kappa shape index (κ3) is 4.65. The first-order chi connectivity index (χ1) is 4.31. The molecular weight excluding hydrogens is 118 g/mol. The maximum Gasteiger partial charge on any atom is 0.212 e. The zero-order chi connectivity index (χ0) is 7.11. The van der Waals surface area contributed by atoms with Crippen LogP contribution < -0.4 is 11.2 Å². The molecule has 0 heterocycles. The van der Waals surface area contributed by atoms with Gasteiger partial charge in [0.25, 0.3) is 0 Å². The summed E-state index contributed by atoms with van der Waals surface area (Å²) in [5.74, 6) is 2.47. The summed E-state index contributed by atoms with van der Waals surface area (Å²) in [6, 6.07) is 0. The van der Waals surface area contributed by atoms with E-state index in [1.165, 1.54) is 0 Å². The molecule has 0 fully saturated rings. The van der Waals surface area contributed by atoms with Gasteiger partial charge in [0.2, 0.25) is 5.96 Å². The van der Waals surface area contributed by atoms with Crippen LogP contribution in [0, 0.1) is 12.3 Å². The van der Waals surface area contributed by atoms with Crippen LogP contribution in [0.5, 0.6) is 0 Å². The Morgan fingerprint density at radius 1 is 2.00 bits per heavy atom. The van der Waals surface area contributed by atoms with E-state index in [-0.39, 0.29) is 12.6 Å². The molecule has 0 unspecified atom stereocenters. The molecule has 0 aliphatic carbocycles. The number of terminal acetylenes is 1. The number of hydrogen-bond donors (Lipinski definition) is 2. The maximum absolute atomic E-state index is 5.16. The number of nitrogens with one attached hydrogen (secondary N) is 1. The van der Waals surface area contributed by atoms with Gasteiger partial charge in [-0.2, -0.15) is 0 Å². The summed E-state index contributed by atoms with van der Waals surface area (Å²) in [7, 11) is 1.54. The number of hydrogen-bond acceptors (Lipinski definition) is 2. The Labute approximate surface area is 54.1 Å². The fraction of sp³-hybridized carbons (Fsp3) is 0.400. The van der Waals surface area contributed by atoms with E-state index in [2.05, 4.69) is 21.2 Å². The van der Waals surface area contributed by atoms with Crippen molar-refractivity contribution in [2.45, 2.75) is 0 Å². The second-order valence-corrected chi connectivity index (χ2v) is 1.20. The monoisotopic (exact) mass is 127 g/mol. The van der Waals surface area contributed by atoms with Crippen LogP contribution in [-0.2, 0) is 4.84 Å². The second-order valence-electron chi connectivity index (χ2n) is 1.20. The van der Waals surface area contributed by atoms with Crippen LogP contribution in [0.25, 0.3) is 0 Å². The molecule has 0 aromatic heterocycles. The van der Waals surface area contributed by atoms with Crippen LogP contribution in [0.2, 0.25) is 0 Å². The van der Waals surface area contributed by atoms with Gasteiger partial charge in [-0.05, 0) is 0 Å². The van der Waals surface area contributed by atoms with Gasteiger partial charge in [0, 0.05) is 7.05 Å². The number of nitrogens with two attached hydrogens (primary N) is 1. The number of aliphatic imine (C=N–C) groups is 1. The van der Waals surface area contributed by atoms with Crippen LogP contribution in [0.4, 0.5) is 0 Å². The molecule has 0 amide bonds. The lowest BCUT2D eigenvalue weighted by Gasteiger charge is -1.99. The minimum Gasteiger partial charge on any atom is -0.368 e. The Balaban J connectivity index is 3.20. The summed E-state index contributed by atoms with van der Waals surface area (Å²) in [5.41, 5.74) is 7.48. The average Bonchev–Trinajstić information content (AvgIpc) is 1.89. The van der Waals surface area contributed by atoms with Crippen molar-refractivity contribution < 1.29 is 4.84 Å². The predicted molar refractivity (Wildman–Crippen MR) is 35.5 cm³/mol. The maximum atomic E-state index is 5.16. The SMILES string of the molecule is C#CCONC(N)=NC. The summed E-state index contributed by atoms with van der Waals surface area (Å²) in [6.45, 7) is 0.177. The Bertz CT molecular complexity index is 136. The van der Waals surface area contributed by atoms with Gasteiger partial charge >= 0.3 is 0 Å². The number of hydroxylamine groups is 1. The van der Waals surface area contributed by atoms with Gasteiger partial charge in [-0.15, -0.1) is 6.42 Å². The van der Waals surface area contributed by atoms with Crippen LogP contribution >= 0.6 is 0 Å². The average molecular weight is 127 g/mol. The molecule has 0 saturated heterocycles. The first-order valence-corrected chi connectivity index (χ1v) is 2.34. The lowest BCUT2D eigenvalue weighted by molar-refractivity contribution is 0.114. The first-order valence-electron chi connectivity index (χ1n) is 2.34. The Hall–Kier alpha value is -1.21. The summed E-state index contributed by atoms with van der Waals surface area (Å²) in [4.78, 5) is 8.14. The first kappa shape index (κ1) is 7.79. The number of guanidine groups is 1. The quantitative estimate of drug-likeness (QED) is 0.166. The lowest BCUT2D eigenvalue weighted by atomic mass is 10.8. The van der Waals surface area contributed by atoms with E-state index in [1.54, 1.807) is 7.05 Å². The molecule has 0 aromatic rings. The van der Waals surface area contributed by atoms with Gasteiger partial charge in [-0.1, -0.05) is 5.92 Å². The van der Waals surface area contributed by atoms with Crippen LogP contribution in [0.3, 0.4) is 0 Å². The third-order valence-electron chi connectivity index (χ3n) is 0.573. The largest absolute Gasteiger partial charge is 0.368 e. The molecule has 0 atom stereocenters. The Morgan fingerprint density at radius 3 is 3.11 bits per heavy atom. The minimum atomic E-state index is 0.177. The molecule has 9 heavy (non-hydrogen) atoms. The van der Waals surface area contributed by atoms with Gasteiger partial charge < -0.3 is 5.73 Å². The van der Waals surface area contributed by atoms with E-state index in [0.29, 0.717) is 0 Å². The molecule has 0 aliphatic rings. The third-order valence-corrected chi connectivity index (χ3v) is 0.573. The van der Waals surface area contributed by atoms with E-state index in [0.717, 1.165) is 0 Å². The van der Waals surface area contributed by atoms with Gasteiger partial charge in [-0.25, -0.2) is 5.48 Å². The van der Waals surface area contributed by atoms with Crippen molar-refractivity contribution in [2.75, 3.05) is 13.7 Å². The highest BCUT2D eigenvalue weighted by molar-refractivity contribution is 5.76. The number of nitrogens with zero attached hydrogens (tertiary/aromatic N) is 1. The molecule has 0 spiro atoms. The molecule has 0 radical (unpaired) electrons. The molecule has 4 nitrogen and oxygen atoms in total. The highest BCUT2D eigenvalue weighted by atomic mass is 16.6. The second kappa shape index (κ2) is 4.94. The van der Waals surface area contributed by atoms with Gasteiger partial charge in [0.15, 0.2) is 0 Å². The van der Waals surface area contributed by atoms with E-state index in [4.69, 9.17) is 12.2 Å². The summed E-state index contributed by atoms with van der Waals surface area (Å²) < 4.78 is 0. The van der Waals surface area contributed by atoms with E-state index < -0.39 is 0 Å². The molecule has 50 valence electrons. The molecule has 0 saturated carbocycles. The highest BCUT2D eigenvalue weighted by Gasteiger charge is 1.83. The van der Waals surface area contributed by atoms with Crippen molar-refractivity contribution in [3.8, 4) is 12.3 Å². The van der Waals surface area contributed by atoms with Crippen molar-refractivity contribution in [3.05, 3.63) is 0 Å². The highest BCUT2D eigenvalue weighted by Crippen LogP contribution is 1.62. The fourth-order valence-electron chi connectivity index (χ4n) is 0.197. The van der Waals surface area contributed by atoms with Crippen molar-refractivity contribution in [2.24, 2.45) is 10.7 Å².